The highest BCUT2D eigenvalue weighted by atomic mass is 16.3. The molecule has 0 bridgehead atoms. The van der Waals surface area contributed by atoms with Gasteiger partial charge in [-0.25, -0.2) is 0 Å². The summed E-state index contributed by atoms with van der Waals surface area (Å²) in [6.07, 6.45) is 1.81. The SMILES string of the molecule is CCn1nccc1C(O)CCN. The first-order valence-electron chi connectivity index (χ1n) is 4.19. The number of hydrogen-bond donors (Lipinski definition) is 2. The van der Waals surface area contributed by atoms with Gasteiger partial charge in [0.2, 0.25) is 0 Å². The van der Waals surface area contributed by atoms with Crippen molar-refractivity contribution in [3.63, 3.8) is 0 Å². The molecule has 4 nitrogen and oxygen atoms in total. The molecule has 0 saturated carbocycles. The van der Waals surface area contributed by atoms with E-state index >= 15 is 0 Å². The molecule has 0 radical (unpaired) electrons. The van der Waals surface area contributed by atoms with Crippen LogP contribution in [0.3, 0.4) is 0 Å². The van der Waals surface area contributed by atoms with Gasteiger partial charge in [0.25, 0.3) is 0 Å². The van der Waals surface area contributed by atoms with Gasteiger partial charge in [0.1, 0.15) is 0 Å². The van der Waals surface area contributed by atoms with E-state index in [0.29, 0.717) is 13.0 Å². The summed E-state index contributed by atoms with van der Waals surface area (Å²) in [5, 5.41) is 13.6. The van der Waals surface area contributed by atoms with E-state index in [1.54, 1.807) is 10.9 Å². The fourth-order valence-corrected chi connectivity index (χ4v) is 1.20. The zero-order chi connectivity index (χ0) is 8.97. The van der Waals surface area contributed by atoms with Crippen molar-refractivity contribution in [3.8, 4) is 0 Å². The van der Waals surface area contributed by atoms with Crippen molar-refractivity contribution in [2.24, 2.45) is 5.73 Å². The van der Waals surface area contributed by atoms with Gasteiger partial charge in [0, 0.05) is 12.7 Å². The zero-order valence-corrected chi connectivity index (χ0v) is 7.27. The molecular weight excluding hydrogens is 154 g/mol. The van der Waals surface area contributed by atoms with Crippen LogP contribution in [-0.4, -0.2) is 21.4 Å². The van der Waals surface area contributed by atoms with Crippen LogP contribution in [0, 0.1) is 0 Å². The number of aliphatic hydroxyl groups is 1. The van der Waals surface area contributed by atoms with Gasteiger partial charge in [-0.1, -0.05) is 0 Å². The molecule has 1 unspecified atom stereocenters. The minimum Gasteiger partial charge on any atom is -0.387 e. The molecule has 4 heteroatoms. The third-order valence-corrected chi connectivity index (χ3v) is 1.83. The molecule has 1 rings (SSSR count). The largest absolute Gasteiger partial charge is 0.387 e. The smallest absolute Gasteiger partial charge is 0.0968 e. The lowest BCUT2D eigenvalue weighted by Crippen LogP contribution is -2.11. The molecule has 0 aliphatic heterocycles. The van der Waals surface area contributed by atoms with Crippen LogP contribution < -0.4 is 5.73 Å². The van der Waals surface area contributed by atoms with Crippen molar-refractivity contribution in [2.45, 2.75) is 26.0 Å². The molecule has 0 amide bonds. The maximum atomic E-state index is 9.58. The number of nitrogens with two attached hydrogens (primary N) is 1. The first-order chi connectivity index (χ1) is 5.79. The average molecular weight is 169 g/mol. The van der Waals surface area contributed by atoms with Gasteiger partial charge in [-0.05, 0) is 26.0 Å². The maximum Gasteiger partial charge on any atom is 0.0968 e. The summed E-state index contributed by atoms with van der Waals surface area (Å²) in [5.41, 5.74) is 6.19. The summed E-state index contributed by atoms with van der Waals surface area (Å²) in [5.74, 6) is 0. The van der Waals surface area contributed by atoms with Crippen LogP contribution in [0.2, 0.25) is 0 Å². The molecule has 1 aromatic rings. The molecule has 0 aromatic carbocycles. The van der Waals surface area contributed by atoms with E-state index in [2.05, 4.69) is 5.10 Å². The number of hydrogen-bond acceptors (Lipinski definition) is 3. The molecule has 1 aromatic heterocycles. The molecule has 12 heavy (non-hydrogen) atoms. The Morgan fingerprint density at radius 2 is 2.50 bits per heavy atom. The number of aromatic nitrogens is 2. The summed E-state index contributed by atoms with van der Waals surface area (Å²) in [6.45, 7) is 3.27. The molecule has 3 N–H and O–H groups in total. The highest BCUT2D eigenvalue weighted by molar-refractivity contribution is 5.04. The molecule has 1 atom stereocenters. The summed E-state index contributed by atoms with van der Waals surface area (Å²) in [4.78, 5) is 0. The molecule has 0 aliphatic carbocycles. The molecule has 0 aliphatic rings. The monoisotopic (exact) mass is 169 g/mol. The first-order valence-corrected chi connectivity index (χ1v) is 4.19. The maximum absolute atomic E-state index is 9.58. The number of nitrogens with zero attached hydrogens (tertiary/aromatic N) is 2. The molecular formula is C8H15N3O. The third kappa shape index (κ3) is 1.84. The van der Waals surface area contributed by atoms with E-state index < -0.39 is 6.10 Å². The topological polar surface area (TPSA) is 64.1 Å². The van der Waals surface area contributed by atoms with Gasteiger partial charge >= 0.3 is 0 Å². The van der Waals surface area contributed by atoms with E-state index in [9.17, 15) is 5.11 Å². The lowest BCUT2D eigenvalue weighted by atomic mass is 10.2. The van der Waals surface area contributed by atoms with Crippen LogP contribution in [0.25, 0.3) is 0 Å². The summed E-state index contributed by atoms with van der Waals surface area (Å²) in [6, 6.07) is 1.82. The fourth-order valence-electron chi connectivity index (χ4n) is 1.20. The number of aliphatic hydroxyl groups excluding tert-OH is 1. The Bertz CT molecular complexity index is 234. The minimum atomic E-state index is -0.475. The van der Waals surface area contributed by atoms with Crippen LogP contribution in [0.4, 0.5) is 0 Å². The average Bonchev–Trinajstić information content (AvgIpc) is 2.51. The van der Waals surface area contributed by atoms with Crippen molar-refractivity contribution < 1.29 is 5.11 Å². The van der Waals surface area contributed by atoms with Crippen LogP contribution in [0.1, 0.15) is 25.1 Å². The molecule has 0 fully saturated rings. The predicted octanol–water partition coefficient (Wildman–Crippen LogP) is 0.285. The summed E-state index contributed by atoms with van der Waals surface area (Å²) >= 11 is 0. The first kappa shape index (κ1) is 9.22. The molecule has 0 saturated heterocycles. The van der Waals surface area contributed by atoms with Crippen molar-refractivity contribution in [3.05, 3.63) is 18.0 Å². The van der Waals surface area contributed by atoms with E-state index in [4.69, 9.17) is 5.73 Å². The minimum absolute atomic E-state index is 0.475. The highest BCUT2D eigenvalue weighted by Crippen LogP contribution is 2.14. The normalized spacial score (nSPS) is 13.2. The molecule has 68 valence electrons. The lowest BCUT2D eigenvalue weighted by molar-refractivity contribution is 0.159. The zero-order valence-electron chi connectivity index (χ0n) is 7.27. The van der Waals surface area contributed by atoms with Crippen LogP contribution >= 0.6 is 0 Å². The van der Waals surface area contributed by atoms with E-state index in [1.165, 1.54) is 0 Å². The second kappa shape index (κ2) is 4.23. The van der Waals surface area contributed by atoms with Crippen molar-refractivity contribution >= 4 is 0 Å². The van der Waals surface area contributed by atoms with Gasteiger partial charge in [0.05, 0.1) is 11.8 Å². The van der Waals surface area contributed by atoms with Crippen molar-refractivity contribution in [1.82, 2.24) is 9.78 Å². The number of rotatable bonds is 4. The third-order valence-electron chi connectivity index (χ3n) is 1.83. The molecule has 1 heterocycles. The highest BCUT2D eigenvalue weighted by Gasteiger charge is 2.10. The van der Waals surface area contributed by atoms with E-state index in [-0.39, 0.29) is 0 Å². The number of aryl methyl sites for hydroxylation is 1. The fraction of sp³-hybridized carbons (Fsp3) is 0.625. The van der Waals surface area contributed by atoms with Crippen molar-refractivity contribution in [1.29, 1.82) is 0 Å². The van der Waals surface area contributed by atoms with Crippen LogP contribution in [0.5, 0.6) is 0 Å². The van der Waals surface area contributed by atoms with Gasteiger partial charge in [0.15, 0.2) is 0 Å². The summed E-state index contributed by atoms with van der Waals surface area (Å²) < 4.78 is 1.78. The lowest BCUT2D eigenvalue weighted by Gasteiger charge is -2.10. The van der Waals surface area contributed by atoms with Gasteiger partial charge < -0.3 is 10.8 Å². The predicted molar refractivity (Wildman–Crippen MR) is 46.5 cm³/mol. The van der Waals surface area contributed by atoms with Crippen LogP contribution in [0.15, 0.2) is 12.3 Å². The summed E-state index contributed by atoms with van der Waals surface area (Å²) in [7, 11) is 0. The molecule has 0 spiro atoms. The van der Waals surface area contributed by atoms with Crippen LogP contribution in [-0.2, 0) is 6.54 Å². The second-order valence-electron chi connectivity index (χ2n) is 2.66. The quantitative estimate of drug-likeness (QED) is 0.680. The second-order valence-corrected chi connectivity index (χ2v) is 2.66. The Labute approximate surface area is 72.0 Å². The van der Waals surface area contributed by atoms with Gasteiger partial charge in [-0.15, -0.1) is 0 Å². The Kier molecular flexibility index (Phi) is 3.25. The van der Waals surface area contributed by atoms with Gasteiger partial charge in [-0.2, -0.15) is 5.10 Å². The Balaban J connectivity index is 2.71. The van der Waals surface area contributed by atoms with E-state index in [1.807, 2.05) is 13.0 Å². The Morgan fingerprint density at radius 1 is 1.75 bits per heavy atom. The standard InChI is InChI=1S/C8H15N3O/c1-2-11-7(4-6-10-11)8(12)3-5-9/h4,6,8,12H,2-3,5,9H2,1H3. The van der Waals surface area contributed by atoms with E-state index in [0.717, 1.165) is 12.2 Å². The van der Waals surface area contributed by atoms with Gasteiger partial charge in [-0.3, -0.25) is 4.68 Å². The Hall–Kier alpha value is -0.870. The Morgan fingerprint density at radius 3 is 3.08 bits per heavy atom. The van der Waals surface area contributed by atoms with Crippen molar-refractivity contribution in [2.75, 3.05) is 6.54 Å².